The maximum absolute atomic E-state index is 12.4. The molecule has 1 N–H and O–H groups in total. The van der Waals surface area contributed by atoms with Crippen LogP contribution in [0.25, 0.3) is 10.8 Å². The molecule has 4 rings (SSSR count). The van der Waals surface area contributed by atoms with Crippen molar-refractivity contribution in [1.29, 1.82) is 0 Å². The monoisotopic (exact) mass is 361 g/mol. The van der Waals surface area contributed by atoms with Crippen LogP contribution in [0, 0.1) is 0 Å². The van der Waals surface area contributed by atoms with E-state index in [2.05, 4.69) is 34.7 Å². The maximum atomic E-state index is 12.4. The summed E-state index contributed by atoms with van der Waals surface area (Å²) in [5.41, 5.74) is 1.70. The number of carbonyl (C=O) groups is 1. The highest BCUT2D eigenvalue weighted by Crippen LogP contribution is 2.21. The molecule has 0 aliphatic heterocycles. The van der Waals surface area contributed by atoms with Crippen molar-refractivity contribution >= 4 is 34.1 Å². The number of halogens is 1. The van der Waals surface area contributed by atoms with E-state index in [1.54, 1.807) is 41.2 Å². The summed E-state index contributed by atoms with van der Waals surface area (Å²) >= 11 is 5.88. The van der Waals surface area contributed by atoms with Crippen LogP contribution >= 0.6 is 11.6 Å². The number of hydrogen-bond acceptors (Lipinski definition) is 2. The fourth-order valence-electron chi connectivity index (χ4n) is 2.95. The molecule has 0 bridgehead atoms. The molecule has 0 unspecified atom stereocenters. The van der Waals surface area contributed by atoms with Gasteiger partial charge in [0.2, 0.25) is 0 Å². The highest BCUT2D eigenvalue weighted by molar-refractivity contribution is 6.30. The number of rotatable bonds is 4. The van der Waals surface area contributed by atoms with E-state index < -0.39 is 0 Å². The van der Waals surface area contributed by atoms with E-state index in [0.29, 0.717) is 22.9 Å². The maximum Gasteiger partial charge on any atom is 0.256 e. The molecule has 0 spiro atoms. The molecule has 26 heavy (non-hydrogen) atoms. The summed E-state index contributed by atoms with van der Waals surface area (Å²) in [4.78, 5) is 12.4. The van der Waals surface area contributed by atoms with Crippen LogP contribution in [0.4, 0.5) is 5.82 Å². The number of fused-ring (bicyclic) bond motifs is 1. The number of nitrogens with zero attached hydrogens (tertiary/aromatic N) is 2. The average Bonchev–Trinajstić information content (AvgIpc) is 3.09. The van der Waals surface area contributed by atoms with Crippen LogP contribution in [0.1, 0.15) is 15.9 Å². The van der Waals surface area contributed by atoms with Crippen molar-refractivity contribution in [2.75, 3.05) is 5.32 Å². The van der Waals surface area contributed by atoms with Gasteiger partial charge in [-0.3, -0.25) is 4.79 Å². The molecular formula is C21H16ClN3O. The molecule has 3 aromatic carbocycles. The van der Waals surface area contributed by atoms with Crippen LogP contribution in [0.15, 0.2) is 79.0 Å². The minimum absolute atomic E-state index is 0.193. The fourth-order valence-corrected chi connectivity index (χ4v) is 3.07. The van der Waals surface area contributed by atoms with Crippen molar-refractivity contribution in [2.45, 2.75) is 6.54 Å². The third kappa shape index (κ3) is 3.32. The topological polar surface area (TPSA) is 46.9 Å². The van der Waals surface area contributed by atoms with E-state index in [1.807, 2.05) is 18.2 Å². The van der Waals surface area contributed by atoms with Crippen LogP contribution in [0.3, 0.4) is 0 Å². The van der Waals surface area contributed by atoms with Crippen molar-refractivity contribution in [2.24, 2.45) is 0 Å². The Kier molecular flexibility index (Phi) is 4.42. The second-order valence-corrected chi connectivity index (χ2v) is 6.41. The molecular weight excluding hydrogens is 346 g/mol. The van der Waals surface area contributed by atoms with Gasteiger partial charge in [0.25, 0.3) is 5.91 Å². The van der Waals surface area contributed by atoms with Gasteiger partial charge in [-0.2, -0.15) is 5.10 Å². The summed E-state index contributed by atoms with van der Waals surface area (Å²) in [6.07, 6.45) is 1.68. The smallest absolute Gasteiger partial charge is 0.256 e. The number of anilines is 1. The molecule has 128 valence electrons. The largest absolute Gasteiger partial charge is 0.307 e. The highest BCUT2D eigenvalue weighted by Gasteiger charge is 2.11. The molecule has 1 amide bonds. The fraction of sp³-hybridized carbons (Fsp3) is 0.0476. The second kappa shape index (κ2) is 7.02. The molecule has 1 aromatic heterocycles. The lowest BCUT2D eigenvalue weighted by Gasteiger charge is -2.11. The Bertz CT molecular complexity index is 1060. The van der Waals surface area contributed by atoms with Crippen LogP contribution in [-0.2, 0) is 6.54 Å². The van der Waals surface area contributed by atoms with E-state index >= 15 is 0 Å². The van der Waals surface area contributed by atoms with Gasteiger partial charge in [-0.15, -0.1) is 0 Å². The average molecular weight is 362 g/mol. The Morgan fingerprint density at radius 1 is 0.962 bits per heavy atom. The first-order valence-electron chi connectivity index (χ1n) is 8.26. The third-order valence-corrected chi connectivity index (χ3v) is 4.52. The van der Waals surface area contributed by atoms with Crippen LogP contribution in [0.5, 0.6) is 0 Å². The molecule has 0 fully saturated rings. The molecule has 0 radical (unpaired) electrons. The van der Waals surface area contributed by atoms with Crippen LogP contribution in [0.2, 0.25) is 5.02 Å². The van der Waals surface area contributed by atoms with Crippen LogP contribution < -0.4 is 5.32 Å². The first-order chi connectivity index (χ1) is 12.7. The van der Waals surface area contributed by atoms with E-state index in [0.717, 1.165) is 5.56 Å². The van der Waals surface area contributed by atoms with Gasteiger partial charge in [-0.1, -0.05) is 54.1 Å². The number of amides is 1. The van der Waals surface area contributed by atoms with E-state index in [9.17, 15) is 4.79 Å². The summed E-state index contributed by atoms with van der Waals surface area (Å²) in [7, 11) is 0. The van der Waals surface area contributed by atoms with Gasteiger partial charge >= 0.3 is 0 Å². The van der Waals surface area contributed by atoms with Crippen molar-refractivity contribution < 1.29 is 4.79 Å². The summed E-state index contributed by atoms with van der Waals surface area (Å²) < 4.78 is 1.79. The van der Waals surface area contributed by atoms with Gasteiger partial charge in [-0.25, -0.2) is 4.68 Å². The molecule has 0 atom stereocenters. The number of carbonyl (C=O) groups excluding carboxylic acids is 1. The molecule has 0 saturated heterocycles. The summed E-state index contributed by atoms with van der Waals surface area (Å²) in [5, 5.41) is 10.2. The van der Waals surface area contributed by atoms with Gasteiger partial charge in [-0.05, 0) is 40.6 Å². The molecule has 4 nitrogen and oxygen atoms in total. The Morgan fingerprint density at radius 2 is 1.73 bits per heavy atom. The van der Waals surface area contributed by atoms with E-state index in [1.165, 1.54) is 10.8 Å². The number of aromatic nitrogens is 2. The molecule has 0 aliphatic carbocycles. The van der Waals surface area contributed by atoms with Crippen molar-refractivity contribution in [1.82, 2.24) is 9.78 Å². The Hall–Kier alpha value is -3.11. The van der Waals surface area contributed by atoms with Crippen molar-refractivity contribution in [3.63, 3.8) is 0 Å². The summed E-state index contributed by atoms with van der Waals surface area (Å²) in [6, 6.07) is 23.0. The predicted molar refractivity (Wildman–Crippen MR) is 105 cm³/mol. The van der Waals surface area contributed by atoms with E-state index in [-0.39, 0.29) is 5.91 Å². The van der Waals surface area contributed by atoms with Gasteiger partial charge in [0.1, 0.15) is 5.82 Å². The number of benzene rings is 3. The Labute approximate surface area is 156 Å². The van der Waals surface area contributed by atoms with Crippen molar-refractivity contribution in [3.05, 3.63) is 95.1 Å². The minimum atomic E-state index is -0.193. The van der Waals surface area contributed by atoms with Gasteiger partial charge in [0, 0.05) is 16.7 Å². The van der Waals surface area contributed by atoms with Gasteiger partial charge < -0.3 is 5.32 Å². The normalized spacial score (nSPS) is 10.8. The Morgan fingerprint density at radius 3 is 2.58 bits per heavy atom. The summed E-state index contributed by atoms with van der Waals surface area (Å²) in [5.74, 6) is 0.458. The summed E-state index contributed by atoms with van der Waals surface area (Å²) in [6.45, 7) is 0.574. The predicted octanol–water partition coefficient (Wildman–Crippen LogP) is 4.99. The van der Waals surface area contributed by atoms with Crippen molar-refractivity contribution in [3.8, 4) is 0 Å². The zero-order chi connectivity index (χ0) is 17.9. The zero-order valence-electron chi connectivity index (χ0n) is 13.9. The third-order valence-electron chi connectivity index (χ3n) is 4.26. The lowest BCUT2D eigenvalue weighted by Crippen LogP contribution is -2.16. The molecule has 1 heterocycles. The Balaban J connectivity index is 1.59. The second-order valence-electron chi connectivity index (χ2n) is 5.97. The minimum Gasteiger partial charge on any atom is -0.307 e. The van der Waals surface area contributed by atoms with Gasteiger partial charge in [0.15, 0.2) is 0 Å². The molecule has 0 saturated carbocycles. The zero-order valence-corrected chi connectivity index (χ0v) is 14.6. The van der Waals surface area contributed by atoms with E-state index in [4.69, 9.17) is 11.6 Å². The van der Waals surface area contributed by atoms with Gasteiger partial charge in [0.05, 0.1) is 12.7 Å². The number of nitrogens with one attached hydrogen (secondary N) is 1. The number of hydrogen-bond donors (Lipinski definition) is 1. The van der Waals surface area contributed by atoms with Crippen LogP contribution in [-0.4, -0.2) is 15.7 Å². The first kappa shape index (κ1) is 16.4. The molecule has 5 heteroatoms. The standard InChI is InChI=1S/C21H16ClN3O/c22-18-10-8-16(9-11-18)21(26)24-20-12-13-23-25(20)14-17-6-3-5-15-4-1-2-7-19(15)17/h1-13H,14H2,(H,24,26). The lowest BCUT2D eigenvalue weighted by molar-refractivity contribution is 0.102. The molecule has 0 aliphatic rings. The first-order valence-corrected chi connectivity index (χ1v) is 8.64. The SMILES string of the molecule is O=C(Nc1ccnn1Cc1cccc2ccccc12)c1ccc(Cl)cc1. The lowest BCUT2D eigenvalue weighted by atomic mass is 10.0. The quantitative estimate of drug-likeness (QED) is 0.556. The molecule has 4 aromatic rings. The highest BCUT2D eigenvalue weighted by atomic mass is 35.5.